The molecule has 3 aliphatic carbocycles. The highest BCUT2D eigenvalue weighted by molar-refractivity contribution is 6.10. The van der Waals surface area contributed by atoms with Crippen LogP contribution in [0.1, 0.15) is 40.0 Å². The normalized spacial score (nSPS) is 25.2. The molecule has 6 rings (SSSR count). The van der Waals surface area contributed by atoms with Crippen molar-refractivity contribution in [2.75, 3.05) is 12.4 Å². The van der Waals surface area contributed by atoms with E-state index < -0.39 is 63.8 Å². The molecule has 0 spiro atoms. The van der Waals surface area contributed by atoms with E-state index in [4.69, 9.17) is 4.74 Å². The molecule has 3 fully saturated rings. The predicted octanol–water partition coefficient (Wildman–Crippen LogP) is 4.02. The van der Waals surface area contributed by atoms with Gasteiger partial charge >= 0.3 is 12.5 Å². The number of rotatable bonds is 5. The number of nitrogens with one attached hydrogen (secondary N) is 2. The number of fused-ring (bicyclic) bond motifs is 1. The van der Waals surface area contributed by atoms with Crippen LogP contribution in [-0.2, 0) is 0 Å². The van der Waals surface area contributed by atoms with Gasteiger partial charge < -0.3 is 24.8 Å². The van der Waals surface area contributed by atoms with Gasteiger partial charge in [0.2, 0.25) is 5.95 Å². The minimum absolute atomic E-state index is 0.195. The number of amides is 2. The fourth-order valence-corrected chi connectivity index (χ4v) is 4.80. The van der Waals surface area contributed by atoms with Crippen LogP contribution in [0, 0.1) is 11.4 Å². The summed E-state index contributed by atoms with van der Waals surface area (Å²) < 4.78 is 94.4. The summed E-state index contributed by atoms with van der Waals surface area (Å²) in [5.41, 5.74) is -4.37. The van der Waals surface area contributed by atoms with E-state index in [1.165, 1.54) is 13.2 Å². The van der Waals surface area contributed by atoms with Crippen molar-refractivity contribution in [2.45, 2.75) is 37.3 Å². The summed E-state index contributed by atoms with van der Waals surface area (Å²) in [4.78, 5) is 29.1. The van der Waals surface area contributed by atoms with Crippen LogP contribution >= 0.6 is 0 Å². The number of ether oxygens (including phenoxy) is 3. The molecule has 1 aromatic heterocycles. The average molecular weight is 503 g/mol. The van der Waals surface area contributed by atoms with Crippen molar-refractivity contribution >= 4 is 17.5 Å². The molecule has 2 amide bonds. The number of aromatic nitrogens is 1. The summed E-state index contributed by atoms with van der Waals surface area (Å²) in [6.07, 6.45) is -8.38. The SMILES string of the molecule is COc1ccnc(F)c1C(=O)Nc1cc2c(cc1C(=O)NC13CC(C(F)(F)F)(C1)C3)OC(F)(F)O2. The van der Waals surface area contributed by atoms with Gasteiger partial charge in [-0.2, -0.15) is 17.6 Å². The molecule has 1 aliphatic heterocycles. The number of carbonyl (C=O) groups is 2. The number of anilines is 1. The lowest BCUT2D eigenvalue weighted by atomic mass is 9.39. The van der Waals surface area contributed by atoms with Crippen LogP contribution in [0.5, 0.6) is 17.2 Å². The van der Waals surface area contributed by atoms with Gasteiger partial charge in [0.1, 0.15) is 11.3 Å². The second-order valence-electron chi connectivity index (χ2n) is 8.69. The van der Waals surface area contributed by atoms with Crippen molar-refractivity contribution in [1.82, 2.24) is 10.3 Å². The van der Waals surface area contributed by atoms with Crippen LogP contribution in [0.2, 0.25) is 0 Å². The third-order valence-corrected chi connectivity index (χ3v) is 6.36. The first-order valence-electron chi connectivity index (χ1n) is 10.1. The topological polar surface area (TPSA) is 98.8 Å². The van der Waals surface area contributed by atoms with Gasteiger partial charge in [-0.1, -0.05) is 0 Å². The van der Waals surface area contributed by atoms with Crippen LogP contribution in [0.3, 0.4) is 0 Å². The lowest BCUT2D eigenvalue weighted by molar-refractivity contribution is -0.336. The Bertz CT molecular complexity index is 1240. The monoisotopic (exact) mass is 503 g/mol. The van der Waals surface area contributed by atoms with Crippen molar-refractivity contribution in [3.63, 3.8) is 0 Å². The molecule has 0 radical (unpaired) electrons. The molecule has 8 nitrogen and oxygen atoms in total. The molecule has 2 N–H and O–H groups in total. The summed E-state index contributed by atoms with van der Waals surface area (Å²) in [6, 6.07) is 2.91. The molecule has 1 aromatic carbocycles. The molecule has 3 saturated carbocycles. The van der Waals surface area contributed by atoms with Crippen LogP contribution in [0.4, 0.5) is 32.0 Å². The molecule has 4 aliphatic rings. The predicted molar refractivity (Wildman–Crippen MR) is 104 cm³/mol. The maximum atomic E-state index is 14.2. The van der Waals surface area contributed by atoms with E-state index in [9.17, 15) is 35.9 Å². The highest BCUT2D eigenvalue weighted by Gasteiger charge is 2.79. The van der Waals surface area contributed by atoms with E-state index >= 15 is 0 Å². The smallest absolute Gasteiger partial charge is 0.496 e. The van der Waals surface area contributed by atoms with Crippen LogP contribution in [0.25, 0.3) is 0 Å². The fraction of sp³-hybridized carbons (Fsp3) is 0.381. The van der Waals surface area contributed by atoms with Crippen molar-refractivity contribution in [2.24, 2.45) is 5.41 Å². The number of alkyl halides is 5. The zero-order valence-corrected chi connectivity index (χ0v) is 17.7. The van der Waals surface area contributed by atoms with E-state index in [1.54, 1.807) is 0 Å². The summed E-state index contributed by atoms with van der Waals surface area (Å²) in [5, 5.41) is 4.71. The quantitative estimate of drug-likeness (QED) is 0.473. The maximum absolute atomic E-state index is 14.2. The minimum Gasteiger partial charge on any atom is -0.496 e. The molecular formula is C21H15F6N3O5. The van der Waals surface area contributed by atoms with E-state index in [1.807, 2.05) is 0 Å². The van der Waals surface area contributed by atoms with Crippen LogP contribution in [-0.4, -0.2) is 41.9 Å². The molecule has 14 heteroatoms. The number of methoxy groups -OCH3 is 1. The largest absolute Gasteiger partial charge is 0.586 e. The Morgan fingerprint density at radius 3 is 2.31 bits per heavy atom. The number of nitrogens with zero attached hydrogens (tertiary/aromatic N) is 1. The second-order valence-corrected chi connectivity index (χ2v) is 8.69. The Balaban J connectivity index is 1.44. The van der Waals surface area contributed by atoms with E-state index in [-0.39, 0.29) is 30.7 Å². The first-order chi connectivity index (χ1) is 16.3. The Kier molecular flexibility index (Phi) is 4.71. The molecular weight excluding hydrogens is 488 g/mol. The molecule has 0 atom stereocenters. The number of pyridine rings is 1. The lowest BCUT2D eigenvalue weighted by Gasteiger charge is -2.70. The summed E-state index contributed by atoms with van der Waals surface area (Å²) >= 11 is 0. The molecule has 2 aromatic rings. The van der Waals surface area contributed by atoms with Crippen molar-refractivity contribution in [3.8, 4) is 17.2 Å². The Morgan fingerprint density at radius 2 is 1.71 bits per heavy atom. The van der Waals surface area contributed by atoms with Gasteiger partial charge in [0.05, 0.1) is 23.8 Å². The van der Waals surface area contributed by atoms with Crippen molar-refractivity contribution in [3.05, 3.63) is 41.5 Å². The third kappa shape index (κ3) is 3.58. The van der Waals surface area contributed by atoms with Crippen LogP contribution < -0.4 is 24.8 Å². The third-order valence-electron chi connectivity index (χ3n) is 6.36. The van der Waals surface area contributed by atoms with E-state index in [2.05, 4.69) is 25.1 Å². The van der Waals surface area contributed by atoms with Gasteiger partial charge in [-0.05, 0) is 31.4 Å². The van der Waals surface area contributed by atoms with Crippen molar-refractivity contribution < 1.29 is 50.1 Å². The van der Waals surface area contributed by atoms with E-state index in [0.29, 0.717) is 0 Å². The van der Waals surface area contributed by atoms with Crippen molar-refractivity contribution in [1.29, 1.82) is 0 Å². The summed E-state index contributed by atoms with van der Waals surface area (Å²) in [5.74, 6) is -4.54. The van der Waals surface area contributed by atoms with Gasteiger partial charge in [-0.3, -0.25) is 9.59 Å². The highest BCUT2D eigenvalue weighted by atomic mass is 19.4. The summed E-state index contributed by atoms with van der Waals surface area (Å²) in [7, 11) is 1.17. The molecule has 2 heterocycles. The van der Waals surface area contributed by atoms with Gasteiger partial charge in [0.15, 0.2) is 11.5 Å². The Labute approximate surface area is 192 Å². The number of hydrogen-bond acceptors (Lipinski definition) is 6. The van der Waals surface area contributed by atoms with E-state index in [0.717, 1.165) is 18.3 Å². The van der Waals surface area contributed by atoms with Gasteiger partial charge in [-0.15, -0.1) is 8.78 Å². The number of benzene rings is 1. The maximum Gasteiger partial charge on any atom is 0.586 e. The van der Waals surface area contributed by atoms with Crippen LogP contribution in [0.15, 0.2) is 24.4 Å². The molecule has 2 bridgehead atoms. The standard InChI is InChI=1S/C21H15F6N3O5/c1-33-11-2-3-28-15(22)14(11)17(32)29-10-5-13-12(34-21(26,27)35-13)4-9(10)16(31)30-19-6-18(7-19,8-19)20(23,24)25/h2-5H,6-8H2,1H3,(H,29,32)(H,30,31). The lowest BCUT2D eigenvalue weighted by Crippen LogP contribution is -2.78. The fourth-order valence-electron chi connectivity index (χ4n) is 4.80. The zero-order valence-electron chi connectivity index (χ0n) is 17.7. The second kappa shape index (κ2) is 7.15. The number of hydrogen-bond donors (Lipinski definition) is 2. The first kappa shape index (κ1) is 23.1. The number of halogens is 6. The zero-order chi connectivity index (χ0) is 25.4. The highest BCUT2D eigenvalue weighted by Crippen LogP contribution is 2.73. The Hall–Kier alpha value is -3.71. The molecule has 186 valence electrons. The minimum atomic E-state index is -4.41. The first-order valence-corrected chi connectivity index (χ1v) is 10.1. The Morgan fingerprint density at radius 1 is 1.09 bits per heavy atom. The molecule has 35 heavy (non-hydrogen) atoms. The summed E-state index contributed by atoms with van der Waals surface area (Å²) in [6.45, 7) is 0. The van der Waals surface area contributed by atoms with Gasteiger partial charge in [0.25, 0.3) is 11.8 Å². The number of carbonyl (C=O) groups excluding carboxylic acids is 2. The van der Waals surface area contributed by atoms with Gasteiger partial charge in [-0.25, -0.2) is 4.98 Å². The molecule has 0 saturated heterocycles. The molecule has 0 unspecified atom stereocenters. The van der Waals surface area contributed by atoms with Gasteiger partial charge in [0, 0.05) is 17.8 Å². The average Bonchev–Trinajstić information content (AvgIpc) is 3.00.